The third-order valence-corrected chi connectivity index (χ3v) is 8.65. The molecule has 1 aliphatic heterocycles. The van der Waals surface area contributed by atoms with Crippen molar-refractivity contribution >= 4 is 50.7 Å². The summed E-state index contributed by atoms with van der Waals surface area (Å²) in [6.07, 6.45) is 0.710. The smallest absolute Gasteiger partial charge is 0.244 e. The molecule has 0 radical (unpaired) electrons. The lowest BCUT2D eigenvalue weighted by Crippen LogP contribution is -2.52. The van der Waals surface area contributed by atoms with Crippen LogP contribution in [0.5, 0.6) is 11.5 Å². The van der Waals surface area contributed by atoms with Gasteiger partial charge in [0.2, 0.25) is 21.8 Å². The van der Waals surface area contributed by atoms with Gasteiger partial charge in [-0.2, -0.15) is 0 Å². The number of anilines is 1. The molecule has 0 unspecified atom stereocenters. The molecule has 2 aromatic carbocycles. The number of rotatable bonds is 11. The van der Waals surface area contributed by atoms with Crippen molar-refractivity contribution in [2.75, 3.05) is 29.8 Å². The van der Waals surface area contributed by atoms with Crippen molar-refractivity contribution in [3.05, 3.63) is 52.0 Å². The van der Waals surface area contributed by atoms with Gasteiger partial charge in [-0.1, -0.05) is 36.2 Å². The Morgan fingerprint density at radius 3 is 2.34 bits per heavy atom. The number of benzene rings is 2. The topological polar surface area (TPSA) is 105 Å². The minimum absolute atomic E-state index is 0.0227. The Morgan fingerprint density at radius 2 is 1.71 bits per heavy atom. The van der Waals surface area contributed by atoms with Crippen molar-refractivity contribution in [2.24, 2.45) is 0 Å². The summed E-state index contributed by atoms with van der Waals surface area (Å²) in [6.45, 7) is 7.07. The molecule has 0 saturated carbocycles. The summed E-state index contributed by atoms with van der Waals surface area (Å²) in [5.74, 6) is -0.281. The van der Waals surface area contributed by atoms with Gasteiger partial charge in [-0.3, -0.25) is 13.9 Å². The molecule has 2 atom stereocenters. The number of fused-ring (bicyclic) bond motifs is 1. The van der Waals surface area contributed by atoms with Gasteiger partial charge in [0.1, 0.15) is 25.8 Å². The number of nitrogens with zero attached hydrogens (tertiary/aromatic N) is 2. The lowest BCUT2D eigenvalue weighted by Gasteiger charge is -2.32. The van der Waals surface area contributed by atoms with E-state index < -0.39 is 28.5 Å². The van der Waals surface area contributed by atoms with E-state index in [1.165, 1.54) is 17.9 Å². The third kappa shape index (κ3) is 7.24. The number of hydrogen-bond donors (Lipinski definition) is 1. The Hall–Kier alpha value is -2.69. The normalized spacial score (nSPS) is 14.4. The van der Waals surface area contributed by atoms with Gasteiger partial charge in [0.05, 0.1) is 11.4 Å². The van der Waals surface area contributed by atoms with Crippen molar-refractivity contribution in [3.8, 4) is 11.5 Å². The molecule has 1 heterocycles. The average Bonchev–Trinajstić information content (AvgIpc) is 2.90. The summed E-state index contributed by atoms with van der Waals surface area (Å²) in [4.78, 5) is 28.1. The largest absolute Gasteiger partial charge is 0.486 e. The van der Waals surface area contributed by atoms with Crippen LogP contribution in [0.15, 0.2) is 36.4 Å². The lowest BCUT2D eigenvalue weighted by molar-refractivity contribution is -0.139. The molecule has 0 aromatic heterocycles. The third-order valence-electron chi connectivity index (χ3n) is 6.32. The molecule has 0 bridgehead atoms. The van der Waals surface area contributed by atoms with Crippen LogP contribution in [0.4, 0.5) is 5.69 Å². The van der Waals surface area contributed by atoms with Crippen molar-refractivity contribution in [1.29, 1.82) is 0 Å². The number of halogens is 2. The van der Waals surface area contributed by atoms with Gasteiger partial charge >= 0.3 is 0 Å². The minimum atomic E-state index is -3.88. The molecule has 2 amide bonds. The first-order valence-corrected chi connectivity index (χ1v) is 14.8. The fourth-order valence-electron chi connectivity index (χ4n) is 3.79. The van der Waals surface area contributed by atoms with Crippen LogP contribution in [0, 0.1) is 0 Å². The van der Waals surface area contributed by atoms with Gasteiger partial charge in [-0.15, -0.1) is 0 Å². The molecule has 9 nitrogen and oxygen atoms in total. The molecule has 2 aromatic rings. The molecule has 38 heavy (non-hydrogen) atoms. The zero-order valence-corrected chi connectivity index (χ0v) is 24.2. The second-order valence-electron chi connectivity index (χ2n) is 8.99. The molecule has 3 rings (SSSR count). The quantitative estimate of drug-likeness (QED) is 0.422. The van der Waals surface area contributed by atoms with Crippen molar-refractivity contribution in [2.45, 2.75) is 52.7 Å². The second kappa shape index (κ2) is 12.9. The van der Waals surface area contributed by atoms with Crippen molar-refractivity contribution in [3.63, 3.8) is 0 Å². The van der Waals surface area contributed by atoms with Crippen LogP contribution in [0.2, 0.25) is 10.0 Å². The van der Waals surface area contributed by atoms with Gasteiger partial charge < -0.3 is 19.7 Å². The van der Waals surface area contributed by atoms with Crippen LogP contribution in [0.3, 0.4) is 0 Å². The van der Waals surface area contributed by atoms with Gasteiger partial charge in [0.15, 0.2) is 11.5 Å². The average molecular weight is 587 g/mol. The molecule has 1 N–H and O–H groups in total. The lowest BCUT2D eigenvalue weighted by atomic mass is 10.1. The monoisotopic (exact) mass is 585 g/mol. The number of carbonyl (C=O) groups excluding carboxylic acids is 2. The van der Waals surface area contributed by atoms with E-state index in [0.717, 1.165) is 4.31 Å². The first-order chi connectivity index (χ1) is 18.0. The Balaban J connectivity index is 1.97. The molecule has 0 aliphatic carbocycles. The number of sulfonamides is 1. The Kier molecular flexibility index (Phi) is 10.1. The maximum Gasteiger partial charge on any atom is 0.244 e. The maximum atomic E-state index is 13.8. The number of hydrogen-bond acceptors (Lipinski definition) is 6. The van der Waals surface area contributed by atoms with Crippen LogP contribution < -0.4 is 19.1 Å². The van der Waals surface area contributed by atoms with E-state index >= 15 is 0 Å². The highest BCUT2D eigenvalue weighted by atomic mass is 35.5. The van der Waals surface area contributed by atoms with Crippen LogP contribution in [0.25, 0.3) is 0 Å². The Labute approximate surface area is 234 Å². The summed E-state index contributed by atoms with van der Waals surface area (Å²) < 4.78 is 38.4. The zero-order chi connectivity index (χ0) is 28.0. The summed E-state index contributed by atoms with van der Waals surface area (Å²) in [5.41, 5.74) is 0.822. The summed E-state index contributed by atoms with van der Waals surface area (Å²) in [6, 6.07) is 8.56. The molecule has 0 saturated heterocycles. The second-order valence-corrected chi connectivity index (χ2v) is 12.0. The van der Waals surface area contributed by atoms with E-state index in [9.17, 15) is 18.0 Å². The van der Waals surface area contributed by atoms with E-state index in [1.807, 2.05) is 13.8 Å². The predicted octanol–water partition coefficient (Wildman–Crippen LogP) is 4.25. The zero-order valence-electron chi connectivity index (χ0n) is 21.9. The van der Waals surface area contributed by atoms with Crippen molar-refractivity contribution in [1.82, 2.24) is 10.2 Å². The summed E-state index contributed by atoms with van der Waals surface area (Å²) in [7, 11) is -3.88. The van der Waals surface area contributed by atoms with Gasteiger partial charge in [0, 0.05) is 28.7 Å². The molecular formula is C26H33Cl2N3O6S. The fraction of sp³-hybridized carbons (Fsp3) is 0.462. The molecule has 208 valence electrons. The molecule has 12 heteroatoms. The fourth-order valence-corrected chi connectivity index (χ4v) is 5.31. The van der Waals surface area contributed by atoms with E-state index in [1.54, 1.807) is 37.3 Å². The highest BCUT2D eigenvalue weighted by molar-refractivity contribution is 7.92. The van der Waals surface area contributed by atoms with E-state index in [0.29, 0.717) is 46.7 Å². The first kappa shape index (κ1) is 29.9. The van der Waals surface area contributed by atoms with E-state index in [-0.39, 0.29) is 29.9 Å². The molecule has 0 spiro atoms. The van der Waals surface area contributed by atoms with Crippen molar-refractivity contribution < 1.29 is 27.5 Å². The van der Waals surface area contributed by atoms with Crippen LogP contribution in [-0.4, -0.2) is 62.7 Å². The van der Waals surface area contributed by atoms with Crippen LogP contribution in [0.1, 0.15) is 39.7 Å². The number of amides is 2. The first-order valence-electron chi connectivity index (χ1n) is 12.4. The highest BCUT2D eigenvalue weighted by Crippen LogP contribution is 2.35. The Morgan fingerprint density at radius 1 is 1.03 bits per heavy atom. The highest BCUT2D eigenvalue weighted by Gasteiger charge is 2.32. The van der Waals surface area contributed by atoms with E-state index in [4.69, 9.17) is 32.7 Å². The van der Waals surface area contributed by atoms with Gasteiger partial charge in [0.25, 0.3) is 0 Å². The minimum Gasteiger partial charge on any atom is -0.486 e. The predicted molar refractivity (Wildman–Crippen MR) is 149 cm³/mol. The number of carbonyl (C=O) groups is 2. The molecule has 0 fully saturated rings. The summed E-state index contributed by atoms with van der Waals surface area (Å²) in [5, 5.41) is 3.64. The Bertz CT molecular complexity index is 1270. The standard InChI is InChI=1S/C26H33Cl2N3O6S/c1-5-17(3)29-26(33)18(4)30(15-19-7-8-20(27)13-22(19)28)25(32)16-31(38(34,35)6-2)21-9-10-23-24(14-21)37-12-11-36-23/h7-10,13-14,17-18H,5-6,11-12,15-16H2,1-4H3,(H,29,33)/t17-,18-/m0/s1. The van der Waals surface area contributed by atoms with E-state index in [2.05, 4.69) is 5.32 Å². The van der Waals surface area contributed by atoms with Crippen LogP contribution in [-0.2, 0) is 26.2 Å². The SMILES string of the molecule is CC[C@H](C)NC(=O)[C@H](C)N(Cc1ccc(Cl)cc1Cl)C(=O)CN(c1ccc2c(c1)OCCO2)S(=O)(=O)CC. The maximum absolute atomic E-state index is 13.8. The molecule has 1 aliphatic rings. The van der Waals surface area contributed by atoms with Gasteiger partial charge in [-0.25, -0.2) is 8.42 Å². The molecular weight excluding hydrogens is 553 g/mol. The van der Waals surface area contributed by atoms with Crippen LogP contribution >= 0.6 is 23.2 Å². The number of nitrogens with one attached hydrogen (secondary N) is 1. The number of ether oxygens (including phenoxy) is 2. The summed E-state index contributed by atoms with van der Waals surface area (Å²) >= 11 is 12.4. The van der Waals surface area contributed by atoms with Gasteiger partial charge in [-0.05, 0) is 57.0 Å².